The van der Waals surface area contributed by atoms with Crippen LogP contribution in [0.4, 0.5) is 11.4 Å². The molecule has 3 aliphatic rings. The molecule has 3 aliphatic heterocycles. The van der Waals surface area contributed by atoms with E-state index in [1.807, 2.05) is 60.7 Å². The van der Waals surface area contributed by atoms with Crippen LogP contribution in [0.1, 0.15) is 68.3 Å². The van der Waals surface area contributed by atoms with Gasteiger partial charge in [-0.05, 0) is 86.2 Å². The van der Waals surface area contributed by atoms with Gasteiger partial charge in [0.15, 0.2) is 0 Å². The first kappa shape index (κ1) is 31.8. The van der Waals surface area contributed by atoms with Crippen molar-refractivity contribution in [2.45, 2.75) is 77.2 Å². The van der Waals surface area contributed by atoms with E-state index in [9.17, 15) is 9.59 Å². The number of para-hydroxylation sites is 2. The van der Waals surface area contributed by atoms with Crippen LogP contribution in [0, 0.1) is 0 Å². The number of benzene rings is 3. The Morgan fingerprint density at radius 1 is 0.913 bits per heavy atom. The van der Waals surface area contributed by atoms with Gasteiger partial charge in [-0.1, -0.05) is 87.0 Å². The standard InChI is InChI=1S/C39H45N3O4/c1-4-28-14-13-15-29(5-2)35(28)41-37(43)33-32-22-23-39(46-32,34(33)38(44)45-6-3)36(40-31-16-9-7-10-17-31)30-20-18-27(19-21-30)26-42-24-11-8-12-25-42/h7,9-10,13-23,32,36,40H,4-6,8,11-12,24-26H2,1-3H3,(H,41,43)/t32-,36+,39+/m0/s1. The van der Waals surface area contributed by atoms with Gasteiger partial charge in [0, 0.05) is 17.9 Å². The molecule has 0 spiro atoms. The van der Waals surface area contributed by atoms with Gasteiger partial charge in [0.05, 0.1) is 23.8 Å². The predicted octanol–water partition coefficient (Wildman–Crippen LogP) is 7.16. The van der Waals surface area contributed by atoms with E-state index in [0.29, 0.717) is 5.57 Å². The Labute approximate surface area is 272 Å². The molecule has 3 aromatic carbocycles. The number of nitrogens with one attached hydrogen (secondary N) is 2. The zero-order valence-electron chi connectivity index (χ0n) is 27.2. The fraction of sp³-hybridized carbons (Fsp3) is 0.385. The third-order valence-corrected chi connectivity index (χ3v) is 9.43. The lowest BCUT2D eigenvalue weighted by Gasteiger charge is -2.36. The summed E-state index contributed by atoms with van der Waals surface area (Å²) in [5, 5.41) is 6.85. The van der Waals surface area contributed by atoms with E-state index in [-0.39, 0.29) is 18.1 Å². The summed E-state index contributed by atoms with van der Waals surface area (Å²) in [4.78, 5) is 30.7. The number of piperidine rings is 1. The lowest BCUT2D eigenvalue weighted by atomic mass is 9.78. The van der Waals surface area contributed by atoms with E-state index >= 15 is 0 Å². The number of nitrogens with zero attached hydrogens (tertiary/aromatic N) is 1. The first-order valence-corrected chi connectivity index (χ1v) is 16.8. The van der Waals surface area contributed by atoms with E-state index in [1.54, 1.807) is 6.92 Å². The van der Waals surface area contributed by atoms with E-state index in [2.05, 4.69) is 53.6 Å². The van der Waals surface area contributed by atoms with E-state index < -0.39 is 23.7 Å². The van der Waals surface area contributed by atoms with E-state index in [1.165, 1.54) is 24.8 Å². The third-order valence-electron chi connectivity index (χ3n) is 9.43. The quantitative estimate of drug-likeness (QED) is 0.166. The fourth-order valence-electron chi connectivity index (χ4n) is 7.11. The summed E-state index contributed by atoms with van der Waals surface area (Å²) in [5.41, 5.74) is 5.27. The van der Waals surface area contributed by atoms with Crippen molar-refractivity contribution in [2.75, 3.05) is 30.3 Å². The van der Waals surface area contributed by atoms with Crippen molar-refractivity contribution >= 4 is 23.3 Å². The number of hydrogen-bond donors (Lipinski definition) is 2. The van der Waals surface area contributed by atoms with Crippen LogP contribution in [0.5, 0.6) is 0 Å². The van der Waals surface area contributed by atoms with Gasteiger partial charge < -0.3 is 20.1 Å². The Morgan fingerprint density at radius 2 is 1.61 bits per heavy atom. The van der Waals surface area contributed by atoms with Crippen molar-refractivity contribution in [3.05, 3.63) is 118 Å². The molecule has 0 saturated carbocycles. The highest BCUT2D eigenvalue weighted by molar-refractivity contribution is 6.13. The molecule has 240 valence electrons. The maximum atomic E-state index is 14.2. The molecule has 0 aliphatic carbocycles. The normalized spacial score (nSPS) is 21.3. The van der Waals surface area contributed by atoms with Crippen LogP contribution in [0.25, 0.3) is 0 Å². The molecular formula is C39H45N3O4. The second kappa shape index (κ2) is 14.1. The number of likely N-dealkylation sites (tertiary alicyclic amines) is 1. The molecule has 3 heterocycles. The van der Waals surface area contributed by atoms with Gasteiger partial charge in [-0.25, -0.2) is 4.79 Å². The lowest BCUT2D eigenvalue weighted by molar-refractivity contribution is -0.140. The molecule has 3 atom stereocenters. The Morgan fingerprint density at radius 3 is 2.26 bits per heavy atom. The molecule has 2 bridgehead atoms. The van der Waals surface area contributed by atoms with Crippen molar-refractivity contribution in [1.82, 2.24) is 4.90 Å². The topological polar surface area (TPSA) is 79.9 Å². The number of carbonyl (C=O) groups is 2. The molecule has 3 aromatic rings. The van der Waals surface area contributed by atoms with Gasteiger partial charge in [-0.15, -0.1) is 0 Å². The number of aryl methyl sites for hydroxylation is 2. The maximum absolute atomic E-state index is 14.2. The molecule has 0 radical (unpaired) electrons. The summed E-state index contributed by atoms with van der Waals surface area (Å²) in [6, 6.07) is 24.0. The SMILES string of the molecule is CCOC(=O)C1=C(C(=O)Nc2c(CC)cccc2CC)[C@@H]2C=C[C@@]1([C@H](Nc1ccccc1)c1ccc(CN3CCCCC3)cc1)O2. The molecule has 7 heteroatoms. The number of amides is 1. The average Bonchev–Trinajstić information content (AvgIpc) is 3.67. The smallest absolute Gasteiger partial charge is 0.337 e. The summed E-state index contributed by atoms with van der Waals surface area (Å²) in [7, 11) is 0. The molecule has 1 fully saturated rings. The van der Waals surface area contributed by atoms with Gasteiger partial charge in [-0.3, -0.25) is 9.69 Å². The lowest BCUT2D eigenvalue weighted by Crippen LogP contribution is -2.42. The zero-order valence-corrected chi connectivity index (χ0v) is 27.2. The second-order valence-electron chi connectivity index (χ2n) is 12.3. The molecule has 6 rings (SSSR count). The second-order valence-corrected chi connectivity index (χ2v) is 12.3. The zero-order chi connectivity index (χ0) is 32.1. The number of carbonyl (C=O) groups excluding carboxylic acids is 2. The Balaban J connectivity index is 1.41. The summed E-state index contributed by atoms with van der Waals surface area (Å²) < 4.78 is 12.4. The first-order valence-electron chi connectivity index (χ1n) is 16.8. The molecule has 0 unspecified atom stereocenters. The summed E-state index contributed by atoms with van der Waals surface area (Å²) in [6.07, 6.45) is 8.49. The van der Waals surface area contributed by atoms with Crippen LogP contribution in [-0.2, 0) is 38.4 Å². The Kier molecular flexibility index (Phi) is 9.71. The largest absolute Gasteiger partial charge is 0.463 e. The molecule has 1 saturated heterocycles. The monoisotopic (exact) mass is 619 g/mol. The van der Waals surface area contributed by atoms with Crippen LogP contribution in [0.15, 0.2) is 96.1 Å². The predicted molar refractivity (Wildman–Crippen MR) is 183 cm³/mol. The van der Waals surface area contributed by atoms with Crippen molar-refractivity contribution < 1.29 is 19.1 Å². The van der Waals surface area contributed by atoms with Crippen LogP contribution in [-0.4, -0.2) is 48.2 Å². The van der Waals surface area contributed by atoms with Crippen LogP contribution < -0.4 is 10.6 Å². The minimum Gasteiger partial charge on any atom is -0.463 e. The molecular weight excluding hydrogens is 574 g/mol. The molecule has 1 amide bonds. The van der Waals surface area contributed by atoms with Gasteiger partial charge in [-0.2, -0.15) is 0 Å². The van der Waals surface area contributed by atoms with Crippen LogP contribution in [0.3, 0.4) is 0 Å². The van der Waals surface area contributed by atoms with Gasteiger partial charge in [0.2, 0.25) is 0 Å². The fourth-order valence-corrected chi connectivity index (χ4v) is 7.11. The molecule has 7 nitrogen and oxygen atoms in total. The Hall–Kier alpha value is -4.20. The molecule has 0 aromatic heterocycles. The average molecular weight is 620 g/mol. The highest BCUT2D eigenvalue weighted by Crippen LogP contribution is 2.51. The number of fused-ring (bicyclic) bond motifs is 2. The van der Waals surface area contributed by atoms with Gasteiger partial charge in [0.25, 0.3) is 5.91 Å². The third kappa shape index (κ3) is 6.26. The van der Waals surface area contributed by atoms with E-state index in [4.69, 9.17) is 9.47 Å². The Bertz CT molecular complexity index is 1590. The van der Waals surface area contributed by atoms with Crippen molar-refractivity contribution in [2.24, 2.45) is 0 Å². The van der Waals surface area contributed by atoms with E-state index in [0.717, 1.165) is 60.5 Å². The van der Waals surface area contributed by atoms with Crippen molar-refractivity contribution in [1.29, 1.82) is 0 Å². The van der Waals surface area contributed by atoms with Crippen molar-refractivity contribution in [3.8, 4) is 0 Å². The minimum absolute atomic E-state index is 0.183. The van der Waals surface area contributed by atoms with Crippen LogP contribution in [0.2, 0.25) is 0 Å². The van der Waals surface area contributed by atoms with Gasteiger partial charge >= 0.3 is 5.97 Å². The number of ether oxygens (including phenoxy) is 2. The molecule has 46 heavy (non-hydrogen) atoms. The molecule has 2 N–H and O–H groups in total. The van der Waals surface area contributed by atoms with Crippen LogP contribution >= 0.6 is 0 Å². The summed E-state index contributed by atoms with van der Waals surface area (Å²) in [6.45, 7) is 9.28. The maximum Gasteiger partial charge on any atom is 0.337 e. The van der Waals surface area contributed by atoms with Gasteiger partial charge in [0.1, 0.15) is 11.7 Å². The summed E-state index contributed by atoms with van der Waals surface area (Å²) in [5.74, 6) is -0.884. The highest BCUT2D eigenvalue weighted by Gasteiger charge is 2.58. The van der Waals surface area contributed by atoms with Crippen molar-refractivity contribution in [3.63, 3.8) is 0 Å². The number of esters is 1. The number of hydrogen-bond acceptors (Lipinski definition) is 6. The number of anilines is 2. The highest BCUT2D eigenvalue weighted by atomic mass is 16.5. The minimum atomic E-state index is -1.26. The first-order chi connectivity index (χ1) is 22.5. The summed E-state index contributed by atoms with van der Waals surface area (Å²) >= 11 is 0. The number of rotatable bonds is 12.